The number of hydrogen-bond acceptors (Lipinski definition) is 5. The minimum absolute atomic E-state index is 0.0127. The molecule has 0 radical (unpaired) electrons. The third-order valence-electron chi connectivity index (χ3n) is 2.89. The van der Waals surface area contributed by atoms with Gasteiger partial charge in [0.25, 0.3) is 5.91 Å². The van der Waals surface area contributed by atoms with Gasteiger partial charge in [-0.3, -0.25) is 15.5 Å². The lowest BCUT2D eigenvalue weighted by Crippen LogP contribution is -2.30. The maximum atomic E-state index is 12.0. The molecule has 0 aliphatic carbocycles. The van der Waals surface area contributed by atoms with Gasteiger partial charge >= 0.3 is 5.63 Å². The van der Waals surface area contributed by atoms with Gasteiger partial charge in [-0.05, 0) is 6.42 Å². The first kappa shape index (κ1) is 14.8. The highest BCUT2D eigenvalue weighted by molar-refractivity contribution is 5.99. The van der Waals surface area contributed by atoms with Crippen molar-refractivity contribution < 1.29 is 14.4 Å². The van der Waals surface area contributed by atoms with Gasteiger partial charge in [0, 0.05) is 18.2 Å². The molecule has 21 heavy (non-hydrogen) atoms. The molecule has 1 heterocycles. The molecule has 2 rings (SSSR count). The highest BCUT2D eigenvalue weighted by Crippen LogP contribution is 2.22. The van der Waals surface area contributed by atoms with Crippen LogP contribution in [0.5, 0.6) is 0 Å². The average molecular weight is 288 g/mol. The number of amides is 1. The Morgan fingerprint density at radius 2 is 2.00 bits per heavy atom. The molecule has 1 amide bonds. The Morgan fingerprint density at radius 1 is 1.29 bits per heavy atom. The molecule has 1 aromatic carbocycles. The summed E-state index contributed by atoms with van der Waals surface area (Å²) >= 11 is 0. The first-order valence-electron chi connectivity index (χ1n) is 6.59. The third kappa shape index (κ3) is 3.29. The number of nitrogens with one attached hydrogen (secondary N) is 2. The lowest BCUT2D eigenvalue weighted by Gasteiger charge is -2.09. The zero-order valence-corrected chi connectivity index (χ0v) is 11.6. The van der Waals surface area contributed by atoms with E-state index in [-0.39, 0.29) is 17.0 Å². The van der Waals surface area contributed by atoms with E-state index >= 15 is 0 Å². The summed E-state index contributed by atoms with van der Waals surface area (Å²) in [6, 6.07) is 10.4. The van der Waals surface area contributed by atoms with Crippen LogP contribution in [0.2, 0.25) is 0 Å². The summed E-state index contributed by atoms with van der Waals surface area (Å²) in [5, 5.41) is 11.8. The Kier molecular flexibility index (Phi) is 4.73. The van der Waals surface area contributed by atoms with E-state index in [1.807, 2.05) is 18.5 Å². The average Bonchev–Trinajstić information content (AvgIpc) is 2.52. The molecule has 6 nitrogen and oxygen atoms in total. The highest BCUT2D eigenvalue weighted by atomic mass is 16.5. The smallest absolute Gasteiger partial charge is 0.351 e. The number of hydrogen-bond donors (Lipinski definition) is 3. The van der Waals surface area contributed by atoms with Crippen LogP contribution in [0.3, 0.4) is 0 Å². The summed E-state index contributed by atoms with van der Waals surface area (Å²) in [4.78, 5) is 23.9. The second kappa shape index (κ2) is 6.71. The standard InChI is InChI=1S/C15H16N2O4/c1-2-8-16-14(18)13-11(17-20)9-12(21-15(13)19)10-6-4-3-5-7-10/h3-7,9,17,20H,2,8H2,1H3,(H,16,18). The molecule has 0 fully saturated rings. The van der Waals surface area contributed by atoms with Gasteiger partial charge in [-0.25, -0.2) is 4.79 Å². The molecule has 0 saturated carbocycles. The fourth-order valence-corrected chi connectivity index (χ4v) is 1.87. The van der Waals surface area contributed by atoms with E-state index < -0.39 is 11.5 Å². The van der Waals surface area contributed by atoms with Gasteiger partial charge in [0.15, 0.2) is 5.56 Å². The van der Waals surface area contributed by atoms with E-state index in [2.05, 4.69) is 5.32 Å². The number of benzene rings is 1. The van der Waals surface area contributed by atoms with Gasteiger partial charge in [0.1, 0.15) is 5.76 Å². The van der Waals surface area contributed by atoms with E-state index in [9.17, 15) is 14.8 Å². The SMILES string of the molecule is CCCNC(=O)c1c(NO)cc(-c2ccccc2)oc1=O. The lowest BCUT2D eigenvalue weighted by atomic mass is 10.1. The first-order valence-corrected chi connectivity index (χ1v) is 6.59. The predicted octanol–water partition coefficient (Wildman–Crippen LogP) is 2.25. The van der Waals surface area contributed by atoms with Crippen molar-refractivity contribution in [2.75, 3.05) is 12.0 Å². The summed E-state index contributed by atoms with van der Waals surface area (Å²) in [5.41, 5.74) is 1.52. The Balaban J connectivity index is 2.46. The van der Waals surface area contributed by atoms with E-state index in [0.29, 0.717) is 12.1 Å². The van der Waals surface area contributed by atoms with Crippen LogP contribution in [-0.4, -0.2) is 17.7 Å². The minimum atomic E-state index is -0.804. The number of anilines is 1. The number of carbonyl (C=O) groups is 1. The van der Waals surface area contributed by atoms with Crippen molar-refractivity contribution in [3.8, 4) is 11.3 Å². The quantitative estimate of drug-likeness (QED) is 0.734. The third-order valence-corrected chi connectivity index (χ3v) is 2.89. The minimum Gasteiger partial charge on any atom is -0.422 e. The summed E-state index contributed by atoms with van der Waals surface area (Å²) < 4.78 is 5.17. The molecule has 0 aliphatic heterocycles. The van der Waals surface area contributed by atoms with Crippen LogP contribution < -0.4 is 16.4 Å². The van der Waals surface area contributed by atoms with Crippen molar-refractivity contribution in [2.24, 2.45) is 0 Å². The van der Waals surface area contributed by atoms with Crippen molar-refractivity contribution in [3.63, 3.8) is 0 Å². The van der Waals surface area contributed by atoms with Gasteiger partial charge < -0.3 is 9.73 Å². The molecule has 0 spiro atoms. The number of carbonyl (C=O) groups excluding carboxylic acids is 1. The molecule has 0 atom stereocenters. The van der Waals surface area contributed by atoms with Crippen LogP contribution >= 0.6 is 0 Å². The topological polar surface area (TPSA) is 91.6 Å². The van der Waals surface area contributed by atoms with Gasteiger partial charge in [0.2, 0.25) is 0 Å². The lowest BCUT2D eigenvalue weighted by molar-refractivity contribution is 0.0950. The van der Waals surface area contributed by atoms with Crippen LogP contribution in [0.15, 0.2) is 45.6 Å². The molecular formula is C15H16N2O4. The molecule has 0 saturated heterocycles. The fraction of sp³-hybridized carbons (Fsp3) is 0.200. The van der Waals surface area contributed by atoms with Crippen molar-refractivity contribution >= 4 is 11.6 Å². The van der Waals surface area contributed by atoms with Crippen molar-refractivity contribution in [1.82, 2.24) is 5.32 Å². The second-order valence-corrected chi connectivity index (χ2v) is 4.42. The zero-order valence-electron chi connectivity index (χ0n) is 11.6. The van der Waals surface area contributed by atoms with Gasteiger partial charge in [-0.1, -0.05) is 37.3 Å². The maximum absolute atomic E-state index is 12.0. The van der Waals surface area contributed by atoms with Crippen molar-refractivity contribution in [1.29, 1.82) is 0 Å². The molecule has 110 valence electrons. The van der Waals surface area contributed by atoms with Crippen molar-refractivity contribution in [3.05, 3.63) is 52.4 Å². The van der Waals surface area contributed by atoms with Gasteiger partial charge in [-0.15, -0.1) is 0 Å². The Labute approximate surface area is 121 Å². The Bertz CT molecular complexity index is 680. The largest absolute Gasteiger partial charge is 0.422 e. The Morgan fingerprint density at radius 3 is 2.62 bits per heavy atom. The predicted molar refractivity (Wildman–Crippen MR) is 78.4 cm³/mol. The normalized spacial score (nSPS) is 10.2. The molecule has 0 unspecified atom stereocenters. The Hall–Kier alpha value is -2.60. The molecule has 3 N–H and O–H groups in total. The maximum Gasteiger partial charge on any atom is 0.351 e. The monoisotopic (exact) mass is 288 g/mol. The summed E-state index contributed by atoms with van der Waals surface area (Å²) in [6.07, 6.45) is 0.737. The van der Waals surface area contributed by atoms with Crippen LogP contribution in [0.25, 0.3) is 11.3 Å². The van der Waals surface area contributed by atoms with E-state index in [1.165, 1.54) is 6.07 Å². The zero-order chi connectivity index (χ0) is 15.2. The van der Waals surface area contributed by atoms with Crippen LogP contribution in [-0.2, 0) is 0 Å². The molecule has 1 aromatic heterocycles. The summed E-state index contributed by atoms with van der Waals surface area (Å²) in [7, 11) is 0. The van der Waals surface area contributed by atoms with Gasteiger partial charge in [-0.2, -0.15) is 0 Å². The van der Waals surface area contributed by atoms with E-state index in [4.69, 9.17) is 4.42 Å². The second-order valence-electron chi connectivity index (χ2n) is 4.42. The fourth-order valence-electron chi connectivity index (χ4n) is 1.87. The van der Waals surface area contributed by atoms with Crippen LogP contribution in [0.1, 0.15) is 23.7 Å². The molecule has 6 heteroatoms. The van der Waals surface area contributed by atoms with Crippen LogP contribution in [0, 0.1) is 0 Å². The number of rotatable bonds is 5. The highest BCUT2D eigenvalue weighted by Gasteiger charge is 2.19. The summed E-state index contributed by atoms with van der Waals surface area (Å²) in [5.74, 6) is -0.314. The molecule has 0 bridgehead atoms. The van der Waals surface area contributed by atoms with Crippen molar-refractivity contribution in [2.45, 2.75) is 13.3 Å². The first-order chi connectivity index (χ1) is 10.2. The van der Waals surface area contributed by atoms with E-state index in [1.54, 1.807) is 24.3 Å². The molecular weight excluding hydrogens is 272 g/mol. The summed E-state index contributed by atoms with van der Waals surface area (Å²) in [6.45, 7) is 2.33. The van der Waals surface area contributed by atoms with Gasteiger partial charge in [0.05, 0.1) is 5.69 Å². The molecule has 0 aliphatic rings. The van der Waals surface area contributed by atoms with E-state index in [0.717, 1.165) is 6.42 Å². The molecule has 2 aromatic rings. The van der Waals surface area contributed by atoms with Crippen LogP contribution in [0.4, 0.5) is 5.69 Å².